The number of benzene rings is 3. The standard InChI is InChI=1S/C33H34F3N3O2/c1-20(2)28-17-27(37-3)18-29-30(28)41-32(39-29)25-12-10-24(11-13-25)31(40)38-19-23-6-4-21(5-7-23)16-22-8-14-26(15-9-22)33(34,35)36/h4,8-15,17-18,20,23,37H,5-7,16,19H2,1-3H3,(H,38,40). The molecule has 1 amide bonds. The van der Waals surface area contributed by atoms with E-state index in [2.05, 4.69) is 36.6 Å². The van der Waals surface area contributed by atoms with Crippen LogP contribution < -0.4 is 10.6 Å². The summed E-state index contributed by atoms with van der Waals surface area (Å²) < 4.78 is 44.5. The maximum Gasteiger partial charge on any atom is 0.416 e. The average Bonchev–Trinajstić information content (AvgIpc) is 3.40. The third-order valence-electron chi connectivity index (χ3n) is 7.70. The lowest BCUT2D eigenvalue weighted by molar-refractivity contribution is -0.137. The van der Waals surface area contributed by atoms with E-state index in [9.17, 15) is 18.0 Å². The second kappa shape index (κ2) is 11.8. The molecule has 1 aliphatic carbocycles. The molecule has 0 saturated carbocycles. The van der Waals surface area contributed by atoms with Crippen LogP contribution >= 0.6 is 0 Å². The van der Waals surface area contributed by atoms with Gasteiger partial charge in [-0.05, 0) is 91.6 Å². The second-order valence-corrected chi connectivity index (χ2v) is 11.0. The lowest BCUT2D eigenvalue weighted by atomic mass is 9.87. The van der Waals surface area contributed by atoms with Crippen LogP contribution in [0, 0.1) is 5.92 Å². The van der Waals surface area contributed by atoms with Crippen LogP contribution in [0.25, 0.3) is 22.6 Å². The first-order valence-corrected chi connectivity index (χ1v) is 14.0. The fraction of sp³-hybridized carbons (Fsp3) is 0.333. The Morgan fingerprint density at radius 3 is 2.41 bits per heavy atom. The van der Waals surface area contributed by atoms with Gasteiger partial charge in [-0.15, -0.1) is 0 Å². The van der Waals surface area contributed by atoms with Crippen LogP contribution in [-0.2, 0) is 12.6 Å². The van der Waals surface area contributed by atoms with Crippen molar-refractivity contribution in [1.29, 1.82) is 0 Å². The number of allylic oxidation sites excluding steroid dienone is 2. The van der Waals surface area contributed by atoms with Gasteiger partial charge in [0.05, 0.1) is 5.56 Å². The van der Waals surface area contributed by atoms with Crippen molar-refractivity contribution in [2.45, 2.75) is 51.6 Å². The number of anilines is 1. The quantitative estimate of drug-likeness (QED) is 0.212. The number of aromatic nitrogens is 1. The van der Waals surface area contributed by atoms with Crippen LogP contribution in [0.2, 0.25) is 0 Å². The van der Waals surface area contributed by atoms with Gasteiger partial charge >= 0.3 is 6.18 Å². The Balaban J connectivity index is 1.16. The Labute approximate surface area is 237 Å². The van der Waals surface area contributed by atoms with E-state index < -0.39 is 11.7 Å². The van der Waals surface area contributed by atoms with E-state index in [4.69, 9.17) is 9.40 Å². The van der Waals surface area contributed by atoms with Gasteiger partial charge in [-0.2, -0.15) is 13.2 Å². The van der Waals surface area contributed by atoms with Crippen molar-refractivity contribution in [3.8, 4) is 11.5 Å². The molecule has 0 fully saturated rings. The molecular weight excluding hydrogens is 527 g/mol. The number of rotatable bonds is 8. The number of carbonyl (C=O) groups excluding carboxylic acids is 1. The summed E-state index contributed by atoms with van der Waals surface area (Å²) in [4.78, 5) is 17.5. The topological polar surface area (TPSA) is 67.2 Å². The number of amides is 1. The minimum absolute atomic E-state index is 0.130. The van der Waals surface area contributed by atoms with Crippen molar-refractivity contribution in [1.82, 2.24) is 10.3 Å². The number of carbonyl (C=O) groups is 1. The van der Waals surface area contributed by atoms with E-state index in [1.165, 1.54) is 5.57 Å². The summed E-state index contributed by atoms with van der Waals surface area (Å²) in [5.41, 5.74) is 6.49. The smallest absolute Gasteiger partial charge is 0.416 e. The lowest BCUT2D eigenvalue weighted by Gasteiger charge is -2.22. The molecule has 0 spiro atoms. The number of hydrogen-bond donors (Lipinski definition) is 2. The van der Waals surface area contributed by atoms with Crippen molar-refractivity contribution < 1.29 is 22.4 Å². The van der Waals surface area contributed by atoms with Crippen molar-refractivity contribution in [2.75, 3.05) is 18.9 Å². The monoisotopic (exact) mass is 561 g/mol. The SMILES string of the molecule is CNc1cc(C(C)C)c2oc(-c3ccc(C(=O)NCC4CC=C(Cc5ccc(C(F)(F)F)cc5)CC4)cc3)nc2c1. The average molecular weight is 562 g/mol. The minimum Gasteiger partial charge on any atom is -0.436 e. The highest BCUT2D eigenvalue weighted by Gasteiger charge is 2.30. The Morgan fingerprint density at radius 1 is 1.07 bits per heavy atom. The summed E-state index contributed by atoms with van der Waals surface area (Å²) in [6.45, 7) is 4.81. The molecule has 1 aliphatic rings. The van der Waals surface area contributed by atoms with Gasteiger partial charge in [0.15, 0.2) is 5.58 Å². The predicted molar refractivity (Wildman–Crippen MR) is 156 cm³/mol. The Kier molecular flexibility index (Phi) is 8.20. The van der Waals surface area contributed by atoms with Crippen LogP contribution in [0.4, 0.5) is 18.9 Å². The summed E-state index contributed by atoms with van der Waals surface area (Å²) in [5, 5.41) is 6.22. The normalized spacial score (nSPS) is 15.7. The van der Waals surface area contributed by atoms with E-state index in [-0.39, 0.29) is 11.8 Å². The van der Waals surface area contributed by atoms with Gasteiger partial charge in [0, 0.05) is 36.0 Å². The zero-order chi connectivity index (χ0) is 29.1. The number of halogens is 3. The largest absolute Gasteiger partial charge is 0.436 e. The van der Waals surface area contributed by atoms with Crippen LogP contribution in [0.15, 0.2) is 76.7 Å². The number of alkyl halides is 3. The van der Waals surface area contributed by atoms with Crippen LogP contribution in [0.3, 0.4) is 0 Å². The van der Waals surface area contributed by atoms with Crippen LogP contribution in [0.1, 0.15) is 66.1 Å². The molecule has 1 aromatic heterocycles. The molecule has 0 saturated heterocycles. The molecule has 41 heavy (non-hydrogen) atoms. The first-order valence-electron chi connectivity index (χ1n) is 14.0. The third kappa shape index (κ3) is 6.64. The summed E-state index contributed by atoms with van der Waals surface area (Å²) in [5.74, 6) is 0.993. The molecule has 0 aliphatic heterocycles. The second-order valence-electron chi connectivity index (χ2n) is 11.0. The number of fused-ring (bicyclic) bond motifs is 1. The number of nitrogens with one attached hydrogen (secondary N) is 2. The molecule has 1 unspecified atom stereocenters. The molecule has 5 rings (SSSR count). The van der Waals surface area contributed by atoms with Gasteiger partial charge in [-0.1, -0.05) is 37.6 Å². The van der Waals surface area contributed by atoms with Crippen molar-refractivity contribution in [3.05, 3.63) is 94.6 Å². The predicted octanol–water partition coefficient (Wildman–Crippen LogP) is 8.38. The fourth-order valence-corrected chi connectivity index (χ4v) is 5.22. The molecule has 0 radical (unpaired) electrons. The molecule has 8 heteroatoms. The Morgan fingerprint density at radius 2 is 1.80 bits per heavy atom. The number of oxazole rings is 1. The number of nitrogens with zero attached hydrogens (tertiary/aromatic N) is 1. The fourth-order valence-electron chi connectivity index (χ4n) is 5.22. The van der Waals surface area contributed by atoms with Gasteiger partial charge in [-0.3, -0.25) is 4.79 Å². The van der Waals surface area contributed by atoms with Crippen LogP contribution in [0.5, 0.6) is 0 Å². The van der Waals surface area contributed by atoms with Crippen molar-refractivity contribution in [2.24, 2.45) is 5.92 Å². The molecule has 1 atom stereocenters. The summed E-state index contributed by atoms with van der Waals surface area (Å²) in [6, 6.07) is 16.7. The molecule has 4 aromatic rings. The van der Waals surface area contributed by atoms with Crippen LogP contribution in [-0.4, -0.2) is 24.5 Å². The van der Waals surface area contributed by atoms with E-state index in [0.29, 0.717) is 30.3 Å². The maximum absolute atomic E-state index is 12.8. The van der Waals surface area contributed by atoms with Gasteiger partial charge in [-0.25, -0.2) is 4.98 Å². The highest BCUT2D eigenvalue weighted by Crippen LogP contribution is 2.33. The molecule has 2 N–H and O–H groups in total. The van der Waals surface area contributed by atoms with Gasteiger partial charge in [0.25, 0.3) is 5.91 Å². The van der Waals surface area contributed by atoms with Crippen molar-refractivity contribution in [3.63, 3.8) is 0 Å². The highest BCUT2D eigenvalue weighted by molar-refractivity contribution is 5.94. The Hall–Kier alpha value is -4.07. The molecule has 3 aromatic carbocycles. The van der Waals surface area contributed by atoms with E-state index in [0.717, 1.165) is 64.9 Å². The first-order chi connectivity index (χ1) is 19.6. The zero-order valence-corrected chi connectivity index (χ0v) is 23.4. The summed E-state index contributed by atoms with van der Waals surface area (Å²) in [6.07, 6.45) is 1.13. The first kappa shape index (κ1) is 28.5. The van der Waals surface area contributed by atoms with Crippen molar-refractivity contribution >= 4 is 22.7 Å². The molecule has 214 valence electrons. The summed E-state index contributed by atoms with van der Waals surface area (Å²) in [7, 11) is 1.88. The molecule has 1 heterocycles. The third-order valence-corrected chi connectivity index (χ3v) is 7.70. The number of hydrogen-bond acceptors (Lipinski definition) is 4. The maximum atomic E-state index is 12.8. The molecule has 5 nitrogen and oxygen atoms in total. The Bertz CT molecular complexity index is 1550. The highest BCUT2D eigenvalue weighted by atomic mass is 19.4. The van der Waals surface area contributed by atoms with Gasteiger partial charge in [0.1, 0.15) is 5.52 Å². The van der Waals surface area contributed by atoms with E-state index in [1.54, 1.807) is 24.3 Å². The van der Waals surface area contributed by atoms with E-state index in [1.807, 2.05) is 25.2 Å². The van der Waals surface area contributed by atoms with Gasteiger partial charge in [0.2, 0.25) is 5.89 Å². The summed E-state index contributed by atoms with van der Waals surface area (Å²) >= 11 is 0. The lowest BCUT2D eigenvalue weighted by Crippen LogP contribution is -2.30. The molecule has 0 bridgehead atoms. The zero-order valence-electron chi connectivity index (χ0n) is 23.4. The molecular formula is C33H34F3N3O2. The van der Waals surface area contributed by atoms with E-state index >= 15 is 0 Å². The minimum atomic E-state index is -4.32. The van der Waals surface area contributed by atoms with Gasteiger partial charge < -0.3 is 15.1 Å².